The fourth-order valence-corrected chi connectivity index (χ4v) is 5.65. The molecule has 0 spiro atoms. The topological polar surface area (TPSA) is 13.1 Å². The van der Waals surface area contributed by atoms with Gasteiger partial charge in [-0.05, 0) is 73.1 Å². The third kappa shape index (κ3) is 3.41. The number of benzene rings is 7. The Kier molecular flexibility index (Phi) is 3.16. The van der Waals surface area contributed by atoms with Gasteiger partial charge in [-0.25, -0.2) is 0 Å². The summed E-state index contributed by atoms with van der Waals surface area (Å²) in [5, 5.41) is 4.47. The SMILES string of the molecule is [2H]c1c([2H])c([2H])c(-c2ccc3oc4cccc(-c5c6ccccc6c(-c6c([2H])c([2H])c([2H])c([2H])c6[2H])c6ccccc56)c4c3c2)c([2H])c1[2H]. The van der Waals surface area contributed by atoms with E-state index in [0.29, 0.717) is 38.5 Å². The lowest BCUT2D eigenvalue weighted by molar-refractivity contribution is 0.669. The number of hydrogen-bond acceptors (Lipinski definition) is 1. The first-order valence-electron chi connectivity index (χ1n) is 17.5. The van der Waals surface area contributed by atoms with Crippen molar-refractivity contribution in [1.82, 2.24) is 0 Å². The molecule has 0 amide bonds. The van der Waals surface area contributed by atoms with Gasteiger partial charge in [-0.3, -0.25) is 0 Å². The van der Waals surface area contributed by atoms with Crippen LogP contribution in [0.5, 0.6) is 0 Å². The van der Waals surface area contributed by atoms with Crippen LogP contribution in [0.2, 0.25) is 0 Å². The Morgan fingerprint density at radius 3 is 1.67 bits per heavy atom. The van der Waals surface area contributed by atoms with Gasteiger partial charge >= 0.3 is 0 Å². The van der Waals surface area contributed by atoms with Crippen LogP contribution in [-0.2, 0) is 0 Å². The van der Waals surface area contributed by atoms with E-state index in [1.807, 2.05) is 66.7 Å². The Morgan fingerprint density at radius 1 is 0.436 bits per heavy atom. The molecule has 0 aliphatic rings. The van der Waals surface area contributed by atoms with Gasteiger partial charge in [0.2, 0.25) is 0 Å². The predicted molar refractivity (Wildman–Crippen MR) is 165 cm³/mol. The molecule has 182 valence electrons. The molecule has 8 rings (SSSR count). The monoisotopic (exact) mass is 506 g/mol. The second-order valence-electron chi connectivity index (χ2n) is 9.33. The fraction of sp³-hybridized carbons (Fsp3) is 0. The molecule has 0 saturated carbocycles. The second-order valence-corrected chi connectivity index (χ2v) is 9.33. The van der Waals surface area contributed by atoms with Gasteiger partial charge in [0.05, 0.1) is 13.7 Å². The third-order valence-corrected chi connectivity index (χ3v) is 7.23. The predicted octanol–water partition coefficient (Wildman–Crippen LogP) is 10.9. The van der Waals surface area contributed by atoms with Gasteiger partial charge in [0.1, 0.15) is 11.2 Å². The van der Waals surface area contributed by atoms with Gasteiger partial charge in [0.25, 0.3) is 0 Å². The Morgan fingerprint density at radius 2 is 1.03 bits per heavy atom. The molecule has 1 heterocycles. The zero-order valence-electron chi connectivity index (χ0n) is 30.5. The van der Waals surface area contributed by atoms with E-state index in [0.717, 1.165) is 27.3 Å². The maximum atomic E-state index is 8.83. The van der Waals surface area contributed by atoms with Crippen LogP contribution in [0.25, 0.3) is 76.9 Å². The van der Waals surface area contributed by atoms with Crippen LogP contribution >= 0.6 is 0 Å². The Hall–Kier alpha value is -5.14. The van der Waals surface area contributed by atoms with Crippen molar-refractivity contribution in [2.75, 3.05) is 0 Å². The summed E-state index contributed by atoms with van der Waals surface area (Å²) in [6, 6.07) is 22.5. The number of fused-ring (bicyclic) bond motifs is 5. The molecule has 0 fully saturated rings. The molecular weight excluding hydrogens is 472 g/mol. The van der Waals surface area contributed by atoms with E-state index in [4.69, 9.17) is 18.1 Å². The van der Waals surface area contributed by atoms with Gasteiger partial charge in [-0.2, -0.15) is 0 Å². The summed E-state index contributed by atoms with van der Waals surface area (Å²) < 4.78 is 90.5. The average molecular weight is 507 g/mol. The summed E-state index contributed by atoms with van der Waals surface area (Å²) in [4.78, 5) is 0. The Balaban J connectivity index is 1.50. The maximum Gasteiger partial charge on any atom is 0.136 e. The van der Waals surface area contributed by atoms with Crippen LogP contribution in [-0.4, -0.2) is 0 Å². The van der Waals surface area contributed by atoms with Gasteiger partial charge in [-0.1, -0.05) is 127 Å². The van der Waals surface area contributed by atoms with E-state index in [1.54, 1.807) is 18.2 Å². The van der Waals surface area contributed by atoms with Crippen LogP contribution < -0.4 is 0 Å². The lowest BCUT2D eigenvalue weighted by Crippen LogP contribution is -1.91. The van der Waals surface area contributed by atoms with Crippen LogP contribution in [0.15, 0.2) is 150 Å². The zero-order valence-corrected chi connectivity index (χ0v) is 20.5. The minimum Gasteiger partial charge on any atom is -0.456 e. The number of rotatable bonds is 3. The molecule has 1 heteroatoms. The highest BCUT2D eigenvalue weighted by molar-refractivity contribution is 6.25. The van der Waals surface area contributed by atoms with E-state index in [2.05, 4.69) is 0 Å². The molecule has 39 heavy (non-hydrogen) atoms. The van der Waals surface area contributed by atoms with Crippen molar-refractivity contribution in [2.45, 2.75) is 0 Å². The van der Waals surface area contributed by atoms with Crippen molar-refractivity contribution < 1.29 is 18.1 Å². The van der Waals surface area contributed by atoms with E-state index in [9.17, 15) is 0 Å². The van der Waals surface area contributed by atoms with Gasteiger partial charge < -0.3 is 4.42 Å². The van der Waals surface area contributed by atoms with E-state index >= 15 is 0 Å². The van der Waals surface area contributed by atoms with Gasteiger partial charge in [0, 0.05) is 10.8 Å². The van der Waals surface area contributed by atoms with E-state index < -0.39 is 36.3 Å². The number of hydrogen-bond donors (Lipinski definition) is 0. The number of furan rings is 1. The van der Waals surface area contributed by atoms with Crippen LogP contribution in [0.4, 0.5) is 0 Å². The highest BCUT2D eigenvalue weighted by Crippen LogP contribution is 2.47. The molecule has 1 aromatic heterocycles. The lowest BCUT2D eigenvalue weighted by atomic mass is 9.85. The van der Waals surface area contributed by atoms with Crippen molar-refractivity contribution in [2.24, 2.45) is 0 Å². The normalized spacial score (nSPS) is 15.2. The zero-order chi connectivity index (χ0) is 34.5. The molecule has 1 nitrogen and oxygen atoms in total. The molecule has 0 unspecified atom stereocenters. The first-order valence-corrected chi connectivity index (χ1v) is 12.5. The molecule has 0 saturated heterocycles. The fourth-order valence-electron chi connectivity index (χ4n) is 5.65. The molecule has 0 N–H and O–H groups in total. The standard InChI is InChI=1S/C38H24O/c1-3-12-25(13-4-1)27-22-23-34-33(24-27)38-32(20-11-21-35(38)39-34)37-30-18-9-7-16-28(30)36(26-14-5-2-6-15-26)29-17-8-10-19-31(29)37/h1-24H/i1D,2D,3D,4D,5D,6D,12D,13D,14D,15D. The van der Waals surface area contributed by atoms with Crippen LogP contribution in [0.3, 0.4) is 0 Å². The van der Waals surface area contributed by atoms with Crippen molar-refractivity contribution in [3.8, 4) is 33.4 Å². The highest BCUT2D eigenvalue weighted by Gasteiger charge is 2.20. The first-order chi connectivity index (χ1) is 23.5. The summed E-state index contributed by atoms with van der Waals surface area (Å²) >= 11 is 0. The minimum absolute atomic E-state index is 0.0959. The average Bonchev–Trinajstić information content (AvgIpc) is 3.50. The van der Waals surface area contributed by atoms with Crippen molar-refractivity contribution in [3.05, 3.63) is 145 Å². The first kappa shape index (κ1) is 14.1. The van der Waals surface area contributed by atoms with Crippen molar-refractivity contribution in [3.63, 3.8) is 0 Å². The van der Waals surface area contributed by atoms with Crippen molar-refractivity contribution in [1.29, 1.82) is 0 Å². The van der Waals surface area contributed by atoms with Crippen LogP contribution in [0, 0.1) is 0 Å². The van der Waals surface area contributed by atoms with Crippen LogP contribution in [0.1, 0.15) is 13.7 Å². The summed E-state index contributed by atoms with van der Waals surface area (Å²) in [5.74, 6) is 0. The van der Waals surface area contributed by atoms with E-state index in [1.165, 1.54) is 0 Å². The second kappa shape index (κ2) is 8.72. The summed E-state index contributed by atoms with van der Waals surface area (Å²) in [7, 11) is 0. The molecular formula is C38H24O. The molecule has 0 aliphatic carbocycles. The highest BCUT2D eigenvalue weighted by atomic mass is 16.3. The Labute approximate surface area is 240 Å². The summed E-state index contributed by atoms with van der Waals surface area (Å²) in [6.07, 6.45) is 0. The minimum atomic E-state index is -0.457. The van der Waals surface area contributed by atoms with Gasteiger partial charge in [0.15, 0.2) is 0 Å². The van der Waals surface area contributed by atoms with E-state index in [-0.39, 0.29) is 35.3 Å². The third-order valence-electron chi connectivity index (χ3n) is 7.23. The molecule has 0 aliphatic heterocycles. The molecule has 0 radical (unpaired) electrons. The maximum absolute atomic E-state index is 8.83. The summed E-state index contributed by atoms with van der Waals surface area (Å²) in [6.45, 7) is 0. The van der Waals surface area contributed by atoms with Gasteiger partial charge in [-0.15, -0.1) is 0 Å². The molecule has 8 aromatic rings. The molecule has 0 bridgehead atoms. The lowest BCUT2D eigenvalue weighted by Gasteiger charge is -2.18. The largest absolute Gasteiger partial charge is 0.456 e. The smallest absolute Gasteiger partial charge is 0.136 e. The quantitative estimate of drug-likeness (QED) is 0.217. The summed E-state index contributed by atoms with van der Waals surface area (Å²) in [5.41, 5.74) is 4.03. The Bertz CT molecular complexity index is 2620. The van der Waals surface area contributed by atoms with Crippen molar-refractivity contribution >= 4 is 43.5 Å². The molecule has 0 atom stereocenters. The molecule has 7 aromatic carbocycles.